The molecule has 0 radical (unpaired) electrons. The molecule has 0 aliphatic rings. The van der Waals surface area contributed by atoms with E-state index in [1.54, 1.807) is 6.26 Å². The monoisotopic (exact) mass is 334 g/mol. The fourth-order valence-corrected chi connectivity index (χ4v) is 3.21. The van der Waals surface area contributed by atoms with Crippen LogP contribution in [0.4, 0.5) is 0 Å². The molecule has 19 heavy (non-hydrogen) atoms. The summed E-state index contributed by atoms with van der Waals surface area (Å²) in [6.45, 7) is 0. The molecule has 0 amide bonds. The lowest BCUT2D eigenvalue weighted by Crippen LogP contribution is -1.95. The maximum atomic E-state index is 6.45. The Labute approximate surface area is 125 Å². The third-order valence-electron chi connectivity index (χ3n) is 3.21. The van der Waals surface area contributed by atoms with E-state index in [1.165, 1.54) is 16.3 Å². The topological polar surface area (TPSA) is 13.1 Å². The van der Waals surface area contributed by atoms with Crippen LogP contribution < -0.4 is 0 Å². The normalized spacial score (nSPS) is 12.7. The van der Waals surface area contributed by atoms with Crippen LogP contribution in [-0.2, 0) is 6.42 Å². The van der Waals surface area contributed by atoms with Crippen LogP contribution in [0.2, 0.25) is 0 Å². The number of fused-ring (bicyclic) bond motifs is 1. The van der Waals surface area contributed by atoms with Crippen molar-refractivity contribution in [3.63, 3.8) is 0 Å². The Morgan fingerprint density at radius 3 is 2.58 bits per heavy atom. The number of halogens is 2. The van der Waals surface area contributed by atoms with Crippen LogP contribution in [0, 0.1) is 0 Å². The lowest BCUT2D eigenvalue weighted by atomic mass is 10.0. The fraction of sp³-hybridized carbons (Fsp3) is 0.125. The van der Waals surface area contributed by atoms with E-state index in [1.807, 2.05) is 6.07 Å². The molecule has 1 heterocycles. The second-order valence-corrected chi connectivity index (χ2v) is 5.75. The molecule has 1 atom stereocenters. The molecule has 2 aromatic carbocycles. The van der Waals surface area contributed by atoms with Gasteiger partial charge in [0.25, 0.3) is 0 Å². The van der Waals surface area contributed by atoms with Gasteiger partial charge in [-0.3, -0.25) is 0 Å². The standard InChI is InChI=1S/C16H12BrClO/c17-16-14(7-8-19-16)15(18)10-11-5-6-12-3-1-2-4-13(12)9-11/h1-9,15H,10H2. The Balaban J connectivity index is 1.87. The number of hydrogen-bond donors (Lipinski definition) is 0. The molecule has 0 bridgehead atoms. The maximum Gasteiger partial charge on any atom is 0.173 e. The number of alkyl halides is 1. The first-order chi connectivity index (χ1) is 9.24. The van der Waals surface area contributed by atoms with Gasteiger partial charge in [-0.05, 0) is 44.8 Å². The van der Waals surface area contributed by atoms with Gasteiger partial charge in [-0.15, -0.1) is 11.6 Å². The summed E-state index contributed by atoms with van der Waals surface area (Å²) in [6, 6.07) is 16.7. The van der Waals surface area contributed by atoms with Crippen LogP contribution in [0.15, 0.2) is 63.9 Å². The second-order valence-electron chi connectivity index (χ2n) is 4.50. The Morgan fingerprint density at radius 1 is 1.05 bits per heavy atom. The van der Waals surface area contributed by atoms with Crippen LogP contribution in [0.3, 0.4) is 0 Å². The number of rotatable bonds is 3. The predicted molar refractivity (Wildman–Crippen MR) is 82.7 cm³/mol. The molecule has 0 saturated heterocycles. The van der Waals surface area contributed by atoms with Crippen LogP contribution in [0.5, 0.6) is 0 Å². The molecule has 3 heteroatoms. The molecule has 0 N–H and O–H groups in total. The summed E-state index contributed by atoms with van der Waals surface area (Å²) >= 11 is 9.82. The zero-order valence-corrected chi connectivity index (χ0v) is 12.5. The molecule has 0 aliphatic heterocycles. The zero-order chi connectivity index (χ0) is 13.2. The first kappa shape index (κ1) is 12.8. The van der Waals surface area contributed by atoms with Crippen molar-refractivity contribution in [1.29, 1.82) is 0 Å². The highest BCUT2D eigenvalue weighted by molar-refractivity contribution is 9.10. The Kier molecular flexibility index (Phi) is 3.63. The van der Waals surface area contributed by atoms with Crippen molar-refractivity contribution in [2.45, 2.75) is 11.8 Å². The average molecular weight is 336 g/mol. The largest absolute Gasteiger partial charge is 0.457 e. The molecule has 3 aromatic rings. The maximum absolute atomic E-state index is 6.45. The van der Waals surface area contributed by atoms with Gasteiger partial charge < -0.3 is 4.42 Å². The van der Waals surface area contributed by atoms with Crippen molar-refractivity contribution in [3.05, 3.63) is 70.6 Å². The summed E-state index contributed by atoms with van der Waals surface area (Å²) in [5.41, 5.74) is 2.22. The van der Waals surface area contributed by atoms with E-state index >= 15 is 0 Å². The summed E-state index contributed by atoms with van der Waals surface area (Å²) in [6.07, 6.45) is 2.43. The van der Waals surface area contributed by atoms with Gasteiger partial charge in [-0.25, -0.2) is 0 Å². The van der Waals surface area contributed by atoms with Crippen molar-refractivity contribution in [2.75, 3.05) is 0 Å². The third kappa shape index (κ3) is 2.70. The van der Waals surface area contributed by atoms with Gasteiger partial charge in [-0.2, -0.15) is 0 Å². The van der Waals surface area contributed by atoms with Crippen LogP contribution in [0.1, 0.15) is 16.5 Å². The van der Waals surface area contributed by atoms with Crippen molar-refractivity contribution >= 4 is 38.3 Å². The van der Waals surface area contributed by atoms with Crippen LogP contribution >= 0.6 is 27.5 Å². The summed E-state index contributed by atoms with van der Waals surface area (Å²) in [5, 5.41) is 2.41. The van der Waals surface area contributed by atoms with E-state index < -0.39 is 0 Å². The van der Waals surface area contributed by atoms with E-state index in [0.717, 1.165) is 12.0 Å². The molecule has 3 rings (SSSR count). The Bertz CT molecular complexity index is 705. The lowest BCUT2D eigenvalue weighted by Gasteiger charge is -2.09. The number of furan rings is 1. The molecule has 1 unspecified atom stereocenters. The molecule has 0 aliphatic carbocycles. The van der Waals surface area contributed by atoms with E-state index in [-0.39, 0.29) is 5.38 Å². The van der Waals surface area contributed by atoms with Gasteiger partial charge in [-0.1, -0.05) is 42.5 Å². The summed E-state index contributed by atoms with van der Waals surface area (Å²) in [7, 11) is 0. The molecular formula is C16H12BrClO. The lowest BCUT2D eigenvalue weighted by molar-refractivity contribution is 0.536. The molecular weight excluding hydrogens is 324 g/mol. The van der Waals surface area contributed by atoms with E-state index in [2.05, 4.69) is 58.4 Å². The molecule has 0 fully saturated rings. The van der Waals surface area contributed by atoms with E-state index in [9.17, 15) is 0 Å². The quantitative estimate of drug-likeness (QED) is 0.558. The summed E-state index contributed by atoms with van der Waals surface area (Å²) < 4.78 is 5.94. The predicted octanol–water partition coefficient (Wildman–Crippen LogP) is 5.72. The van der Waals surface area contributed by atoms with Crippen molar-refractivity contribution in [1.82, 2.24) is 0 Å². The molecule has 1 nitrogen and oxygen atoms in total. The molecule has 96 valence electrons. The zero-order valence-electron chi connectivity index (χ0n) is 10.1. The minimum Gasteiger partial charge on any atom is -0.457 e. The molecule has 0 spiro atoms. The van der Waals surface area contributed by atoms with E-state index in [0.29, 0.717) is 4.67 Å². The molecule has 0 saturated carbocycles. The fourth-order valence-electron chi connectivity index (χ4n) is 2.21. The summed E-state index contributed by atoms with van der Waals surface area (Å²) in [5.74, 6) is 0. The molecule has 1 aromatic heterocycles. The minimum atomic E-state index is -0.0886. The van der Waals surface area contributed by atoms with Crippen LogP contribution in [-0.4, -0.2) is 0 Å². The van der Waals surface area contributed by atoms with Gasteiger partial charge >= 0.3 is 0 Å². The number of benzene rings is 2. The average Bonchev–Trinajstić information content (AvgIpc) is 2.85. The van der Waals surface area contributed by atoms with Crippen molar-refractivity contribution in [2.24, 2.45) is 0 Å². The SMILES string of the molecule is ClC(Cc1ccc2ccccc2c1)c1ccoc1Br. The first-order valence-corrected chi connectivity index (χ1v) is 7.31. The van der Waals surface area contributed by atoms with Gasteiger partial charge in [0.2, 0.25) is 0 Å². The Morgan fingerprint density at radius 2 is 1.84 bits per heavy atom. The smallest absolute Gasteiger partial charge is 0.173 e. The van der Waals surface area contributed by atoms with Crippen molar-refractivity contribution < 1.29 is 4.42 Å². The highest BCUT2D eigenvalue weighted by Crippen LogP contribution is 2.32. The van der Waals surface area contributed by atoms with Gasteiger partial charge in [0.15, 0.2) is 4.67 Å². The first-order valence-electron chi connectivity index (χ1n) is 6.08. The van der Waals surface area contributed by atoms with Gasteiger partial charge in [0.05, 0.1) is 11.6 Å². The van der Waals surface area contributed by atoms with Crippen LogP contribution in [0.25, 0.3) is 10.8 Å². The van der Waals surface area contributed by atoms with Gasteiger partial charge in [0.1, 0.15) is 0 Å². The second kappa shape index (κ2) is 5.40. The van der Waals surface area contributed by atoms with E-state index in [4.69, 9.17) is 16.0 Å². The van der Waals surface area contributed by atoms with Gasteiger partial charge in [0, 0.05) is 5.56 Å². The third-order valence-corrected chi connectivity index (χ3v) is 4.25. The highest BCUT2D eigenvalue weighted by Gasteiger charge is 2.14. The summed E-state index contributed by atoms with van der Waals surface area (Å²) in [4.78, 5) is 0. The van der Waals surface area contributed by atoms with Crippen molar-refractivity contribution in [3.8, 4) is 0 Å². The highest BCUT2D eigenvalue weighted by atomic mass is 79.9. The Hall–Kier alpha value is -1.25. The minimum absolute atomic E-state index is 0.0886. The number of hydrogen-bond acceptors (Lipinski definition) is 1.